The molecule has 0 fully saturated rings. The standard InChI is InChI=1S/C7H8ClN5O3S/c8-6-9-1-5(17-6)2-12-4-16-3-10-7(12)11-13(14)15/h1H,2-4H2,(H,10,11)/i3D2,4D2. The van der Waals surface area contributed by atoms with Gasteiger partial charge < -0.3 is 9.64 Å². The lowest BCUT2D eigenvalue weighted by Gasteiger charge is -2.25. The van der Waals surface area contributed by atoms with Crippen molar-refractivity contribution >= 4 is 28.9 Å². The number of guanidine groups is 1. The number of halogens is 1. The molecule has 17 heavy (non-hydrogen) atoms. The smallest absolute Gasteiger partial charge is 0.261 e. The molecule has 0 unspecified atom stereocenters. The zero-order chi connectivity index (χ0) is 15.8. The Morgan fingerprint density at radius 1 is 1.88 bits per heavy atom. The van der Waals surface area contributed by atoms with Crippen molar-refractivity contribution in [1.82, 2.24) is 15.3 Å². The predicted octanol–water partition coefficient (Wildman–Crippen LogP) is 0.681. The van der Waals surface area contributed by atoms with Gasteiger partial charge in [-0.3, -0.25) is 0 Å². The molecular weight excluding hydrogens is 270 g/mol. The highest BCUT2D eigenvalue weighted by Crippen LogP contribution is 2.19. The number of aliphatic imine (C=N–C) groups is 1. The Morgan fingerprint density at radius 2 is 2.71 bits per heavy atom. The van der Waals surface area contributed by atoms with Crippen LogP contribution in [0.1, 0.15) is 10.4 Å². The summed E-state index contributed by atoms with van der Waals surface area (Å²) < 4.78 is 34.9. The first kappa shape index (κ1) is 7.80. The monoisotopic (exact) mass is 281 g/mol. The van der Waals surface area contributed by atoms with Crippen LogP contribution in [0.3, 0.4) is 0 Å². The highest BCUT2D eigenvalue weighted by Gasteiger charge is 2.20. The van der Waals surface area contributed by atoms with Gasteiger partial charge in [0.05, 0.1) is 12.0 Å². The molecule has 1 N–H and O–H groups in total. The highest BCUT2D eigenvalue weighted by molar-refractivity contribution is 7.15. The van der Waals surface area contributed by atoms with Crippen LogP contribution in [0, 0.1) is 10.1 Å². The van der Waals surface area contributed by atoms with E-state index in [-0.39, 0.29) is 11.0 Å². The predicted molar refractivity (Wildman–Crippen MR) is 61.1 cm³/mol. The molecule has 1 aromatic heterocycles. The topological polar surface area (TPSA) is 92.9 Å². The number of aromatic nitrogens is 1. The number of hydrogen-bond acceptors (Lipinski definition) is 7. The van der Waals surface area contributed by atoms with Gasteiger partial charge in [0.25, 0.3) is 5.96 Å². The van der Waals surface area contributed by atoms with E-state index in [9.17, 15) is 10.1 Å². The molecule has 1 aliphatic rings. The minimum absolute atomic E-state index is 0.187. The Morgan fingerprint density at radius 3 is 3.35 bits per heavy atom. The average molecular weight is 282 g/mol. The molecule has 8 nitrogen and oxygen atoms in total. The van der Waals surface area contributed by atoms with E-state index in [0.29, 0.717) is 4.88 Å². The molecule has 0 saturated carbocycles. The summed E-state index contributed by atoms with van der Waals surface area (Å²) in [6.07, 6.45) is 1.37. The SMILES string of the molecule is [2H]C1([2H])N=C(N[N+](=O)[O-])N(Cc2cnc(Cl)s2)C([2H])([2H])O1. The average Bonchev–Trinajstić information content (AvgIpc) is 2.66. The summed E-state index contributed by atoms with van der Waals surface area (Å²) in [6, 6.07) is 0. The number of hydrazine groups is 1. The number of rotatable bonds is 3. The van der Waals surface area contributed by atoms with Gasteiger partial charge in [0.15, 0.2) is 9.50 Å². The molecule has 2 heterocycles. The van der Waals surface area contributed by atoms with Crippen LogP contribution in [-0.2, 0) is 11.3 Å². The molecule has 0 saturated heterocycles. The van der Waals surface area contributed by atoms with Crippen molar-refractivity contribution in [3.63, 3.8) is 0 Å². The highest BCUT2D eigenvalue weighted by atomic mass is 35.5. The summed E-state index contributed by atoms with van der Waals surface area (Å²) in [7, 11) is 0. The van der Waals surface area contributed by atoms with E-state index >= 15 is 0 Å². The summed E-state index contributed by atoms with van der Waals surface area (Å²) in [5, 5.41) is 9.59. The summed E-state index contributed by atoms with van der Waals surface area (Å²) in [5.74, 6) is -0.606. The fourth-order valence-electron chi connectivity index (χ4n) is 1.03. The first-order chi connectivity index (χ1) is 9.59. The number of ether oxygens (including phenoxy) is 1. The maximum absolute atomic E-state index is 10.6. The number of nitro groups is 1. The summed E-state index contributed by atoms with van der Waals surface area (Å²) >= 11 is 6.71. The molecule has 10 heteroatoms. The van der Waals surface area contributed by atoms with E-state index in [1.54, 1.807) is 5.43 Å². The van der Waals surface area contributed by atoms with Gasteiger partial charge in [0.1, 0.15) is 13.4 Å². The quantitative estimate of drug-likeness (QED) is 0.647. The number of nitrogens with one attached hydrogen (secondary N) is 1. The summed E-state index contributed by atoms with van der Waals surface area (Å²) in [6.45, 7) is -5.57. The van der Waals surface area contributed by atoms with Crippen LogP contribution >= 0.6 is 22.9 Å². The Kier molecular flexibility index (Phi) is 2.41. The first-order valence-corrected chi connectivity index (χ1v) is 5.37. The van der Waals surface area contributed by atoms with Gasteiger partial charge in [-0.15, -0.1) is 11.3 Å². The van der Waals surface area contributed by atoms with Gasteiger partial charge in [-0.25, -0.2) is 20.1 Å². The zero-order valence-electron chi connectivity index (χ0n) is 12.1. The third-order valence-electron chi connectivity index (χ3n) is 1.64. The maximum atomic E-state index is 10.6. The second-order valence-corrected chi connectivity index (χ2v) is 4.45. The molecule has 0 spiro atoms. The second-order valence-electron chi connectivity index (χ2n) is 2.75. The van der Waals surface area contributed by atoms with Crippen LogP contribution in [0.4, 0.5) is 0 Å². The van der Waals surface area contributed by atoms with Crippen LogP contribution in [-0.4, -0.2) is 34.2 Å². The van der Waals surface area contributed by atoms with E-state index in [4.69, 9.17) is 17.1 Å². The van der Waals surface area contributed by atoms with Crippen LogP contribution in [0.2, 0.25) is 4.47 Å². The van der Waals surface area contributed by atoms with Gasteiger partial charge in [0.2, 0.25) is 0 Å². The van der Waals surface area contributed by atoms with Crippen LogP contribution < -0.4 is 5.43 Å². The minimum atomic E-state index is -2.73. The lowest BCUT2D eigenvalue weighted by atomic mass is 10.5. The van der Waals surface area contributed by atoms with Crippen molar-refractivity contribution in [2.45, 2.75) is 6.54 Å². The molecule has 0 aliphatic carbocycles. The first-order valence-electron chi connectivity index (χ1n) is 6.18. The Hall–Kier alpha value is -1.45. The Balaban J connectivity index is 2.34. The molecule has 0 radical (unpaired) electrons. The van der Waals surface area contributed by atoms with Gasteiger partial charge in [-0.1, -0.05) is 17.0 Å². The van der Waals surface area contributed by atoms with Crippen molar-refractivity contribution in [3.8, 4) is 0 Å². The molecular formula is C7H8ClN5O3S. The molecule has 1 aromatic rings. The largest absolute Gasteiger partial charge is 0.339 e. The van der Waals surface area contributed by atoms with E-state index in [1.165, 1.54) is 6.20 Å². The van der Waals surface area contributed by atoms with E-state index in [2.05, 4.69) is 14.7 Å². The zero-order valence-corrected chi connectivity index (χ0v) is 9.66. The van der Waals surface area contributed by atoms with Gasteiger partial charge in [0, 0.05) is 11.1 Å². The second kappa shape index (κ2) is 5.25. The van der Waals surface area contributed by atoms with Crippen molar-refractivity contribution in [2.24, 2.45) is 4.99 Å². The van der Waals surface area contributed by atoms with E-state index < -0.39 is 24.4 Å². The number of nitrogens with zero attached hydrogens (tertiary/aromatic N) is 4. The van der Waals surface area contributed by atoms with Crippen LogP contribution in [0.5, 0.6) is 0 Å². The number of thiazole rings is 1. The van der Waals surface area contributed by atoms with E-state index in [1.807, 2.05) is 0 Å². The Bertz CT molecular complexity index is 597. The van der Waals surface area contributed by atoms with Gasteiger partial charge in [-0.2, -0.15) is 0 Å². The molecule has 0 bridgehead atoms. The molecule has 0 atom stereocenters. The van der Waals surface area contributed by atoms with Crippen molar-refractivity contribution in [2.75, 3.05) is 13.4 Å². The lowest BCUT2D eigenvalue weighted by Crippen LogP contribution is -2.46. The third kappa shape index (κ3) is 3.25. The molecule has 1 aliphatic heterocycles. The molecule has 2 rings (SSSR count). The van der Waals surface area contributed by atoms with Crippen molar-refractivity contribution in [3.05, 3.63) is 25.7 Å². The van der Waals surface area contributed by atoms with Gasteiger partial charge in [-0.05, 0) is 0 Å². The van der Waals surface area contributed by atoms with Crippen LogP contribution in [0.25, 0.3) is 0 Å². The summed E-state index contributed by atoms with van der Waals surface area (Å²) in [5.41, 5.74) is 1.66. The van der Waals surface area contributed by atoms with E-state index in [0.717, 1.165) is 16.2 Å². The maximum Gasteiger partial charge on any atom is 0.261 e. The fourth-order valence-corrected chi connectivity index (χ4v) is 2.00. The van der Waals surface area contributed by atoms with Crippen molar-refractivity contribution in [1.29, 1.82) is 0 Å². The third-order valence-corrected chi connectivity index (χ3v) is 2.74. The minimum Gasteiger partial charge on any atom is -0.339 e. The fraction of sp³-hybridized carbons (Fsp3) is 0.429. The lowest BCUT2D eigenvalue weighted by molar-refractivity contribution is -0.527. The van der Waals surface area contributed by atoms with Gasteiger partial charge >= 0.3 is 0 Å². The Labute approximate surface area is 111 Å². The normalized spacial score (nSPS) is 25.0. The molecule has 0 aromatic carbocycles. The van der Waals surface area contributed by atoms with Crippen molar-refractivity contribution < 1.29 is 15.3 Å². The van der Waals surface area contributed by atoms with Crippen LogP contribution in [0.15, 0.2) is 11.2 Å². The molecule has 0 amide bonds. The summed E-state index contributed by atoms with van der Waals surface area (Å²) in [4.78, 5) is 18.9. The molecule has 92 valence electrons. The number of hydrogen-bond donors (Lipinski definition) is 1.